The van der Waals surface area contributed by atoms with E-state index in [4.69, 9.17) is 14.0 Å². The Morgan fingerprint density at radius 1 is 1.06 bits per heavy atom. The molecule has 1 fully saturated rings. The van der Waals surface area contributed by atoms with E-state index in [1.54, 1.807) is 30.0 Å². The zero-order valence-corrected chi connectivity index (χ0v) is 22.1. The monoisotopic (exact) mass is 537 g/mol. The molecule has 2 aromatic heterocycles. The van der Waals surface area contributed by atoms with E-state index in [0.29, 0.717) is 6.54 Å². The maximum Gasteiger partial charge on any atom is 0.494 e. The molecule has 4 aromatic rings. The number of aromatic amines is 1. The topological polar surface area (TPSA) is 78.4 Å². The molecule has 0 atom stereocenters. The molecule has 2 aromatic carbocycles. The fourth-order valence-corrected chi connectivity index (χ4v) is 4.05. The molecule has 0 amide bonds. The highest BCUT2D eigenvalue weighted by molar-refractivity contribution is 9.10. The van der Waals surface area contributed by atoms with Crippen molar-refractivity contribution in [1.82, 2.24) is 14.8 Å². The molecule has 0 radical (unpaired) electrons. The summed E-state index contributed by atoms with van der Waals surface area (Å²) in [6.45, 7) is 8.77. The third-order valence-corrected chi connectivity index (χ3v) is 6.89. The Kier molecular flexibility index (Phi) is 7.21. The van der Waals surface area contributed by atoms with Crippen molar-refractivity contribution in [3.63, 3.8) is 0 Å². The molecule has 7 nitrogen and oxygen atoms in total. The summed E-state index contributed by atoms with van der Waals surface area (Å²) >= 11 is 3.35. The minimum Gasteiger partial charge on any atom is -0.497 e. The van der Waals surface area contributed by atoms with Crippen LogP contribution in [0.3, 0.4) is 0 Å². The van der Waals surface area contributed by atoms with Crippen LogP contribution in [0.4, 0.5) is 0 Å². The second kappa shape index (κ2) is 10.0. The number of pyridine rings is 1. The predicted molar refractivity (Wildman–Crippen MR) is 142 cm³/mol. The van der Waals surface area contributed by atoms with Gasteiger partial charge in [0.1, 0.15) is 5.75 Å². The van der Waals surface area contributed by atoms with E-state index in [-0.39, 0.29) is 23.9 Å². The fraction of sp³-hybridized carbons (Fsp3) is 0.308. The first-order chi connectivity index (χ1) is 16.6. The van der Waals surface area contributed by atoms with Crippen LogP contribution in [0.15, 0.2) is 76.3 Å². The Labute approximate surface area is 213 Å². The molecule has 0 spiro atoms. The number of ether oxygens (including phenoxy) is 1. The molecule has 0 aliphatic carbocycles. The van der Waals surface area contributed by atoms with E-state index in [0.717, 1.165) is 32.2 Å². The summed E-state index contributed by atoms with van der Waals surface area (Å²) in [7, 11) is 1.31. The first kappa shape index (κ1) is 25.2. The summed E-state index contributed by atoms with van der Waals surface area (Å²) in [6, 6.07) is 17.1. The van der Waals surface area contributed by atoms with Crippen molar-refractivity contribution in [3.8, 4) is 5.75 Å². The summed E-state index contributed by atoms with van der Waals surface area (Å²) in [5, 5.41) is 8.08. The van der Waals surface area contributed by atoms with Gasteiger partial charge in [-0.1, -0.05) is 24.3 Å². The number of hydrogen-bond acceptors (Lipinski definition) is 5. The summed E-state index contributed by atoms with van der Waals surface area (Å²) in [5.41, 5.74) is 2.43. The van der Waals surface area contributed by atoms with Crippen molar-refractivity contribution in [3.05, 3.63) is 87.4 Å². The molecular formula is C26H29BBrN3O4. The Bertz CT molecular complexity index is 1370. The third-order valence-electron chi connectivity index (χ3n) is 6.43. The van der Waals surface area contributed by atoms with Crippen LogP contribution in [0.25, 0.3) is 10.9 Å². The lowest BCUT2D eigenvalue weighted by molar-refractivity contribution is 0.00578. The fourth-order valence-electron chi connectivity index (χ4n) is 3.67. The van der Waals surface area contributed by atoms with Crippen molar-refractivity contribution >= 4 is 39.4 Å². The molecule has 0 saturated carbocycles. The van der Waals surface area contributed by atoms with Crippen molar-refractivity contribution in [2.45, 2.75) is 45.4 Å². The maximum absolute atomic E-state index is 11.6. The largest absolute Gasteiger partial charge is 0.497 e. The average molecular weight is 538 g/mol. The van der Waals surface area contributed by atoms with Crippen LogP contribution in [-0.4, -0.2) is 40.2 Å². The lowest BCUT2D eigenvalue weighted by Crippen LogP contribution is -2.41. The molecule has 1 aliphatic heterocycles. The van der Waals surface area contributed by atoms with Crippen LogP contribution in [0.1, 0.15) is 33.3 Å². The van der Waals surface area contributed by atoms with Gasteiger partial charge in [0.2, 0.25) is 0 Å². The van der Waals surface area contributed by atoms with Gasteiger partial charge < -0.3 is 18.6 Å². The lowest BCUT2D eigenvalue weighted by atomic mass is 9.79. The molecule has 1 saturated heterocycles. The summed E-state index contributed by atoms with van der Waals surface area (Å²) in [6.07, 6.45) is 3.59. The standard InChI is InChI=1S/C13H17BN2O2.C13H12BrNO2/c1-12(2)13(3,4)18-14(17-12)10-6-5-9-8-15-16-11(9)7-10;1-17-12-4-2-3-10(7-12)8-15-9-11(14)5-6-13(15)16/h5-8H,1-4H3,(H,15,16);2-7,9H,8H2,1H3. The van der Waals surface area contributed by atoms with Crippen LogP contribution in [-0.2, 0) is 15.9 Å². The van der Waals surface area contributed by atoms with Gasteiger partial charge in [-0.05, 0) is 78.9 Å². The minimum atomic E-state index is -0.317. The number of methoxy groups -OCH3 is 1. The number of hydrogen-bond donors (Lipinski definition) is 1. The number of rotatable bonds is 4. The lowest BCUT2D eigenvalue weighted by Gasteiger charge is -2.32. The van der Waals surface area contributed by atoms with E-state index in [1.165, 1.54) is 0 Å². The number of nitrogens with one attached hydrogen (secondary N) is 1. The van der Waals surface area contributed by atoms with Gasteiger partial charge in [-0.15, -0.1) is 0 Å². The van der Waals surface area contributed by atoms with E-state index >= 15 is 0 Å². The maximum atomic E-state index is 11.6. The minimum absolute atomic E-state index is 0.0176. The SMILES string of the molecule is CC1(C)OB(c2ccc3cn[nH]c3c2)OC1(C)C.COc1cccc(Cn2cc(Br)ccc2=O)c1. The molecule has 5 rings (SSSR count). The first-order valence-electron chi connectivity index (χ1n) is 11.4. The zero-order chi connectivity index (χ0) is 25.2. The number of nitrogens with zero attached hydrogens (tertiary/aromatic N) is 2. The third kappa shape index (κ3) is 5.69. The molecule has 35 heavy (non-hydrogen) atoms. The van der Waals surface area contributed by atoms with Gasteiger partial charge in [0.15, 0.2) is 0 Å². The highest BCUT2D eigenvalue weighted by Crippen LogP contribution is 2.36. The van der Waals surface area contributed by atoms with Crippen LogP contribution in [0.2, 0.25) is 0 Å². The number of aromatic nitrogens is 3. The molecule has 0 unspecified atom stereocenters. The van der Waals surface area contributed by atoms with Gasteiger partial charge in [-0.3, -0.25) is 9.89 Å². The average Bonchev–Trinajstić information content (AvgIpc) is 3.37. The number of H-pyrrole nitrogens is 1. The highest BCUT2D eigenvalue weighted by atomic mass is 79.9. The van der Waals surface area contributed by atoms with Gasteiger partial charge >= 0.3 is 7.12 Å². The number of benzene rings is 2. The van der Waals surface area contributed by atoms with Crippen LogP contribution < -0.4 is 15.8 Å². The molecule has 0 bridgehead atoms. The molecular weight excluding hydrogens is 509 g/mol. The summed E-state index contributed by atoms with van der Waals surface area (Å²) < 4.78 is 19.7. The normalized spacial score (nSPS) is 16.1. The Morgan fingerprint density at radius 2 is 1.80 bits per heavy atom. The Morgan fingerprint density at radius 3 is 2.51 bits per heavy atom. The quantitative estimate of drug-likeness (QED) is 0.387. The molecule has 1 N–H and O–H groups in total. The van der Waals surface area contributed by atoms with Crippen molar-refractivity contribution in [2.24, 2.45) is 0 Å². The van der Waals surface area contributed by atoms with Gasteiger partial charge in [0.25, 0.3) is 5.56 Å². The van der Waals surface area contributed by atoms with E-state index in [1.807, 2.05) is 48.7 Å². The number of halogens is 1. The van der Waals surface area contributed by atoms with E-state index < -0.39 is 0 Å². The van der Waals surface area contributed by atoms with Crippen LogP contribution in [0.5, 0.6) is 5.75 Å². The second-order valence-corrected chi connectivity index (χ2v) is 10.4. The predicted octanol–water partition coefficient (Wildman–Crippen LogP) is 4.53. The van der Waals surface area contributed by atoms with Crippen LogP contribution >= 0.6 is 15.9 Å². The second-order valence-electron chi connectivity index (χ2n) is 9.47. The molecule has 9 heteroatoms. The van der Waals surface area contributed by atoms with Gasteiger partial charge in [0, 0.05) is 22.1 Å². The molecule has 182 valence electrons. The summed E-state index contributed by atoms with van der Waals surface area (Å²) in [5.74, 6) is 0.797. The van der Waals surface area contributed by atoms with Crippen molar-refractivity contribution in [1.29, 1.82) is 0 Å². The van der Waals surface area contributed by atoms with Crippen molar-refractivity contribution < 1.29 is 14.0 Å². The van der Waals surface area contributed by atoms with E-state index in [9.17, 15) is 4.79 Å². The van der Waals surface area contributed by atoms with Crippen LogP contribution in [0, 0.1) is 0 Å². The molecule has 3 heterocycles. The first-order valence-corrected chi connectivity index (χ1v) is 12.1. The van der Waals surface area contributed by atoms with Gasteiger partial charge in [-0.2, -0.15) is 5.10 Å². The van der Waals surface area contributed by atoms with Gasteiger partial charge in [-0.25, -0.2) is 0 Å². The zero-order valence-electron chi connectivity index (χ0n) is 20.5. The Hall–Kier alpha value is -2.88. The molecule has 1 aliphatic rings. The van der Waals surface area contributed by atoms with Gasteiger partial charge in [0.05, 0.1) is 36.6 Å². The Balaban J connectivity index is 0.000000165. The highest BCUT2D eigenvalue weighted by Gasteiger charge is 2.51. The smallest absolute Gasteiger partial charge is 0.494 e. The number of fused-ring (bicyclic) bond motifs is 1. The van der Waals surface area contributed by atoms with Crippen molar-refractivity contribution in [2.75, 3.05) is 7.11 Å². The van der Waals surface area contributed by atoms with E-state index in [2.05, 4.69) is 53.8 Å². The summed E-state index contributed by atoms with van der Waals surface area (Å²) in [4.78, 5) is 11.6.